The van der Waals surface area contributed by atoms with E-state index in [9.17, 15) is 9.59 Å². The first kappa shape index (κ1) is 27.9. The third-order valence-electron chi connectivity index (χ3n) is 6.23. The van der Waals surface area contributed by atoms with E-state index in [1.165, 1.54) is 0 Å². The molecule has 2 atom stereocenters. The molecule has 0 aromatic heterocycles. The second-order valence-electron chi connectivity index (χ2n) is 9.25. The zero-order valence-electron chi connectivity index (χ0n) is 21.9. The maximum absolute atomic E-state index is 13.4. The largest absolute Gasteiger partial charge is 0.494 e. The van der Waals surface area contributed by atoms with Gasteiger partial charge in [-0.2, -0.15) is 0 Å². The Labute approximate surface area is 220 Å². The van der Waals surface area contributed by atoms with Gasteiger partial charge in [0.2, 0.25) is 11.8 Å². The number of ether oxygens (including phenoxy) is 1. The van der Waals surface area contributed by atoms with E-state index in [4.69, 9.17) is 10.5 Å². The Bertz CT molecular complexity index is 1120. The highest BCUT2D eigenvalue weighted by Gasteiger charge is 2.27. The SMILES string of the molecule is CCOc1ccc(CC(C(=O)N[C@@H](Cc2ccccc2)C(=O)NCc2ccc(CN)cc2)N(C)C)cc1. The number of likely N-dealkylation sites (N-methyl/N-ethyl adjacent to an activating group) is 1. The van der Waals surface area contributed by atoms with Gasteiger partial charge in [0.1, 0.15) is 11.8 Å². The highest BCUT2D eigenvalue weighted by Crippen LogP contribution is 2.15. The molecule has 1 unspecified atom stereocenters. The first-order chi connectivity index (χ1) is 17.9. The number of amides is 2. The fourth-order valence-corrected chi connectivity index (χ4v) is 4.05. The number of benzene rings is 3. The Hall–Kier alpha value is -3.68. The van der Waals surface area contributed by atoms with E-state index >= 15 is 0 Å². The van der Waals surface area contributed by atoms with Gasteiger partial charge >= 0.3 is 0 Å². The summed E-state index contributed by atoms with van der Waals surface area (Å²) < 4.78 is 5.52. The van der Waals surface area contributed by atoms with Crippen molar-refractivity contribution in [2.24, 2.45) is 5.73 Å². The predicted molar refractivity (Wildman–Crippen MR) is 147 cm³/mol. The minimum atomic E-state index is -0.707. The van der Waals surface area contributed by atoms with Crippen molar-refractivity contribution in [1.82, 2.24) is 15.5 Å². The molecule has 0 spiro atoms. The van der Waals surface area contributed by atoms with Crippen molar-refractivity contribution >= 4 is 11.8 Å². The van der Waals surface area contributed by atoms with Crippen LogP contribution in [0.4, 0.5) is 0 Å². The fourth-order valence-electron chi connectivity index (χ4n) is 4.05. The van der Waals surface area contributed by atoms with E-state index in [1.54, 1.807) is 0 Å². The summed E-state index contributed by atoms with van der Waals surface area (Å²) in [5.41, 5.74) is 9.67. The normalized spacial score (nSPS) is 12.6. The average molecular weight is 503 g/mol. The molecule has 37 heavy (non-hydrogen) atoms. The standard InChI is InChI=1S/C30H38N4O3/c1-4-37-26-16-14-23(15-17-26)19-28(34(2)3)30(36)33-27(18-22-8-6-5-7-9-22)29(35)32-21-25-12-10-24(20-31)11-13-25/h5-17,27-28H,4,18-21,31H2,1-3H3,(H,32,35)(H,33,36)/t27-,28?/m0/s1. The van der Waals surface area contributed by atoms with Crippen LogP contribution in [0.15, 0.2) is 78.9 Å². The Balaban J connectivity index is 1.71. The van der Waals surface area contributed by atoms with Crippen molar-refractivity contribution in [3.8, 4) is 5.75 Å². The maximum Gasteiger partial charge on any atom is 0.243 e. The second kappa shape index (κ2) is 14.2. The molecule has 0 saturated carbocycles. The van der Waals surface area contributed by atoms with E-state index in [-0.39, 0.29) is 11.8 Å². The molecule has 0 aliphatic carbocycles. The van der Waals surface area contributed by atoms with Gasteiger partial charge in [-0.3, -0.25) is 14.5 Å². The van der Waals surface area contributed by atoms with Crippen LogP contribution in [-0.4, -0.2) is 49.5 Å². The number of carbonyl (C=O) groups is 2. The van der Waals surface area contributed by atoms with Crippen LogP contribution < -0.4 is 21.1 Å². The van der Waals surface area contributed by atoms with E-state index in [2.05, 4.69) is 10.6 Å². The van der Waals surface area contributed by atoms with Gasteiger partial charge in [0, 0.05) is 19.5 Å². The minimum Gasteiger partial charge on any atom is -0.494 e. The summed E-state index contributed by atoms with van der Waals surface area (Å²) in [5, 5.41) is 6.01. The molecule has 0 aliphatic rings. The Kier molecular flexibility index (Phi) is 10.7. The zero-order chi connectivity index (χ0) is 26.6. The molecule has 3 aromatic rings. The van der Waals surface area contributed by atoms with Crippen molar-refractivity contribution in [2.75, 3.05) is 20.7 Å². The van der Waals surface area contributed by atoms with Crippen LogP contribution in [0, 0.1) is 0 Å². The smallest absolute Gasteiger partial charge is 0.243 e. The molecule has 3 aromatic carbocycles. The van der Waals surface area contributed by atoms with Gasteiger partial charge < -0.3 is 21.1 Å². The molecule has 2 amide bonds. The summed E-state index contributed by atoms with van der Waals surface area (Å²) >= 11 is 0. The molecule has 0 radical (unpaired) electrons. The Morgan fingerprint density at radius 3 is 2.00 bits per heavy atom. The molecule has 0 saturated heterocycles. The highest BCUT2D eigenvalue weighted by molar-refractivity contribution is 5.90. The topological polar surface area (TPSA) is 96.7 Å². The zero-order valence-corrected chi connectivity index (χ0v) is 21.9. The molecular weight excluding hydrogens is 464 g/mol. The van der Waals surface area contributed by atoms with Crippen LogP contribution in [0.1, 0.15) is 29.2 Å². The molecule has 3 rings (SSSR count). The molecule has 196 valence electrons. The van der Waals surface area contributed by atoms with Crippen LogP contribution >= 0.6 is 0 Å². The van der Waals surface area contributed by atoms with Gasteiger partial charge in [-0.15, -0.1) is 0 Å². The number of carbonyl (C=O) groups excluding carboxylic acids is 2. The summed E-state index contributed by atoms with van der Waals surface area (Å²) in [4.78, 5) is 28.6. The van der Waals surface area contributed by atoms with Crippen LogP contribution in [0.5, 0.6) is 5.75 Å². The lowest BCUT2D eigenvalue weighted by Gasteiger charge is -2.27. The lowest BCUT2D eigenvalue weighted by Crippen LogP contribution is -2.53. The van der Waals surface area contributed by atoms with Crippen LogP contribution in [0.2, 0.25) is 0 Å². The first-order valence-corrected chi connectivity index (χ1v) is 12.7. The monoisotopic (exact) mass is 502 g/mol. The number of rotatable bonds is 13. The van der Waals surface area contributed by atoms with Crippen molar-refractivity contribution in [3.05, 3.63) is 101 Å². The van der Waals surface area contributed by atoms with Crippen molar-refractivity contribution < 1.29 is 14.3 Å². The molecule has 4 N–H and O–H groups in total. The van der Waals surface area contributed by atoms with Gasteiger partial charge in [0.05, 0.1) is 12.6 Å². The van der Waals surface area contributed by atoms with Gasteiger partial charge in [0.25, 0.3) is 0 Å². The first-order valence-electron chi connectivity index (χ1n) is 12.7. The van der Waals surface area contributed by atoms with Gasteiger partial charge in [-0.05, 0) is 61.8 Å². The minimum absolute atomic E-state index is 0.192. The van der Waals surface area contributed by atoms with E-state index in [0.29, 0.717) is 32.5 Å². The lowest BCUT2D eigenvalue weighted by molar-refractivity contribution is -0.131. The summed E-state index contributed by atoms with van der Waals surface area (Å²) in [6.07, 6.45) is 0.909. The summed E-state index contributed by atoms with van der Waals surface area (Å²) in [5.74, 6) is 0.385. The quantitative estimate of drug-likeness (QED) is 0.334. The second-order valence-corrected chi connectivity index (χ2v) is 9.25. The molecule has 7 heteroatoms. The van der Waals surface area contributed by atoms with E-state index < -0.39 is 12.1 Å². The number of nitrogens with one attached hydrogen (secondary N) is 2. The van der Waals surface area contributed by atoms with Crippen molar-refractivity contribution in [1.29, 1.82) is 0 Å². The van der Waals surface area contributed by atoms with Gasteiger partial charge in [0.15, 0.2) is 0 Å². The Morgan fingerprint density at radius 2 is 1.41 bits per heavy atom. The number of nitrogens with zero attached hydrogens (tertiary/aromatic N) is 1. The number of hydrogen-bond donors (Lipinski definition) is 3. The molecule has 0 fully saturated rings. The summed E-state index contributed by atoms with van der Waals surface area (Å²) in [6, 6.07) is 24.1. The summed E-state index contributed by atoms with van der Waals surface area (Å²) in [7, 11) is 3.74. The van der Waals surface area contributed by atoms with E-state index in [0.717, 1.165) is 28.0 Å². The fraction of sp³-hybridized carbons (Fsp3) is 0.333. The van der Waals surface area contributed by atoms with Gasteiger partial charge in [-0.1, -0.05) is 66.7 Å². The molecule has 0 aliphatic heterocycles. The van der Waals surface area contributed by atoms with Crippen molar-refractivity contribution in [2.45, 2.75) is 44.9 Å². The molecule has 0 bridgehead atoms. The van der Waals surface area contributed by atoms with Crippen molar-refractivity contribution in [3.63, 3.8) is 0 Å². The number of nitrogens with two attached hydrogens (primary N) is 1. The van der Waals surface area contributed by atoms with Gasteiger partial charge in [-0.25, -0.2) is 0 Å². The third kappa shape index (κ3) is 8.74. The lowest BCUT2D eigenvalue weighted by atomic mass is 10.0. The number of hydrogen-bond acceptors (Lipinski definition) is 5. The molecule has 0 heterocycles. The molecule has 7 nitrogen and oxygen atoms in total. The van der Waals surface area contributed by atoms with E-state index in [1.807, 2.05) is 105 Å². The predicted octanol–water partition coefficient (Wildman–Crippen LogP) is 3.06. The van der Waals surface area contributed by atoms with Crippen LogP contribution in [-0.2, 0) is 35.5 Å². The Morgan fingerprint density at radius 1 is 0.811 bits per heavy atom. The average Bonchev–Trinajstić information content (AvgIpc) is 2.91. The summed E-state index contributed by atoms with van der Waals surface area (Å²) in [6.45, 7) is 3.39. The maximum atomic E-state index is 13.4. The highest BCUT2D eigenvalue weighted by atomic mass is 16.5. The van der Waals surface area contributed by atoms with Crippen LogP contribution in [0.3, 0.4) is 0 Å². The molecular formula is C30H38N4O3. The third-order valence-corrected chi connectivity index (χ3v) is 6.23. The van der Waals surface area contributed by atoms with Crippen LogP contribution in [0.25, 0.3) is 0 Å².